The van der Waals surface area contributed by atoms with E-state index in [9.17, 15) is 50.6 Å². The fraction of sp³-hybridized carbons (Fsp3) is 0.382. The van der Waals surface area contributed by atoms with Crippen molar-refractivity contribution in [3.05, 3.63) is 131 Å². The van der Waals surface area contributed by atoms with Crippen molar-refractivity contribution >= 4 is 40.5 Å². The number of halogens is 6. The van der Waals surface area contributed by atoms with Crippen LogP contribution in [-0.2, 0) is 34.1 Å². The van der Waals surface area contributed by atoms with Gasteiger partial charge >= 0.3 is 18.2 Å². The fourth-order valence-electron chi connectivity index (χ4n) is 10.2. The molecule has 10 rings (SSSR count). The summed E-state index contributed by atoms with van der Waals surface area (Å²) < 4.78 is 87.6. The van der Waals surface area contributed by atoms with Gasteiger partial charge in [0.25, 0.3) is 11.8 Å². The summed E-state index contributed by atoms with van der Waals surface area (Å²) in [7, 11) is 0. The molecule has 6 aromatic rings. The highest BCUT2D eigenvalue weighted by Gasteiger charge is 2.41. The van der Waals surface area contributed by atoms with Gasteiger partial charge in [-0.1, -0.05) is 42.5 Å². The summed E-state index contributed by atoms with van der Waals surface area (Å²) in [5, 5.41) is 27.2. The number of carboxylic acids is 1. The zero-order valence-electron chi connectivity index (χ0n) is 41.9. The molecule has 0 bridgehead atoms. The molecule has 17 nitrogen and oxygen atoms in total. The highest BCUT2D eigenvalue weighted by molar-refractivity contribution is 6.05. The average Bonchev–Trinajstić information content (AvgIpc) is 4.03. The SMILES string of the molecule is O=C(O)C(F)(F)F.O=C1CC[C@@H](N2Cc3c(OCc4ccc(CN5CCC(CCOc6ncc(-c7ccc8cn(C9CCC(CNC(=O)c%10cc(F)c(O)c(F)c%10F)CC9)nc8c7)cn6)CC5)cc4)cccc3C2=O)C(=O)N1. The van der Waals surface area contributed by atoms with Gasteiger partial charge < -0.3 is 29.9 Å². The molecule has 1 aliphatic carbocycles. The number of rotatable bonds is 15. The molecule has 2 saturated heterocycles. The van der Waals surface area contributed by atoms with Gasteiger partial charge in [-0.05, 0) is 117 Å². The minimum absolute atomic E-state index is 0.107. The number of carboxylic acid groups (broad SMARTS) is 1. The molecule has 0 unspecified atom stereocenters. The smallest absolute Gasteiger partial charge is 0.490 e. The van der Waals surface area contributed by atoms with Crippen LogP contribution in [0.3, 0.4) is 0 Å². The number of fused-ring (bicyclic) bond motifs is 2. The van der Waals surface area contributed by atoms with Crippen LogP contribution in [0.15, 0.2) is 85.3 Å². The summed E-state index contributed by atoms with van der Waals surface area (Å²) in [5.74, 6) is -9.62. The van der Waals surface area contributed by atoms with E-state index in [0.29, 0.717) is 48.9 Å². The Kier molecular flexibility index (Phi) is 16.6. The number of imide groups is 1. The van der Waals surface area contributed by atoms with Gasteiger partial charge in [0.05, 0.1) is 30.3 Å². The topological polar surface area (TPSA) is 218 Å². The van der Waals surface area contributed by atoms with Gasteiger partial charge in [0.15, 0.2) is 17.4 Å². The lowest BCUT2D eigenvalue weighted by Gasteiger charge is -2.32. The van der Waals surface area contributed by atoms with Crippen LogP contribution in [0.4, 0.5) is 26.3 Å². The minimum atomic E-state index is -5.08. The number of phenols is 1. The van der Waals surface area contributed by atoms with E-state index in [1.807, 2.05) is 35.1 Å². The number of carbonyl (C=O) groups is 5. The molecule has 5 heterocycles. The third kappa shape index (κ3) is 12.8. The number of nitrogens with zero attached hydrogens (tertiary/aromatic N) is 6. The van der Waals surface area contributed by atoms with Crippen molar-refractivity contribution < 1.29 is 70.0 Å². The molecule has 78 heavy (non-hydrogen) atoms. The molecule has 4 N–H and O–H groups in total. The van der Waals surface area contributed by atoms with E-state index in [1.165, 1.54) is 10.5 Å². The van der Waals surface area contributed by atoms with Gasteiger partial charge in [-0.2, -0.15) is 22.7 Å². The Labute approximate surface area is 442 Å². The molecule has 4 aliphatic rings. The third-order valence-electron chi connectivity index (χ3n) is 14.7. The first-order valence-electron chi connectivity index (χ1n) is 25.5. The van der Waals surface area contributed by atoms with Crippen molar-refractivity contribution in [3.63, 3.8) is 0 Å². The first-order chi connectivity index (χ1) is 37.4. The first-order valence-corrected chi connectivity index (χ1v) is 25.5. The van der Waals surface area contributed by atoms with Crippen LogP contribution in [0, 0.1) is 29.3 Å². The predicted octanol–water partition coefficient (Wildman–Crippen LogP) is 8.43. The first kappa shape index (κ1) is 54.7. The molecule has 3 fully saturated rings. The number of ether oxygens (including phenoxy) is 2. The Morgan fingerprint density at radius 3 is 2.22 bits per heavy atom. The van der Waals surface area contributed by atoms with Crippen molar-refractivity contribution in [1.29, 1.82) is 0 Å². The third-order valence-corrected chi connectivity index (χ3v) is 14.7. The van der Waals surface area contributed by atoms with Crippen LogP contribution < -0.4 is 20.1 Å². The van der Waals surface area contributed by atoms with Crippen LogP contribution in [0.2, 0.25) is 0 Å². The zero-order chi connectivity index (χ0) is 55.3. The summed E-state index contributed by atoms with van der Waals surface area (Å²) in [5.41, 5.74) is 5.36. The van der Waals surface area contributed by atoms with Crippen LogP contribution in [0.5, 0.6) is 17.5 Å². The molecular formula is C55H54F6N8O9. The normalized spacial score (nSPS) is 19.0. The number of likely N-dealkylation sites (tertiary alicyclic amines) is 1. The molecule has 1 saturated carbocycles. The highest BCUT2D eigenvalue weighted by atomic mass is 19.4. The van der Waals surface area contributed by atoms with Crippen LogP contribution in [0.1, 0.15) is 101 Å². The lowest BCUT2D eigenvalue weighted by Crippen LogP contribution is -2.52. The number of phenolic OH excluding ortho intramolecular Hbond substituents is 1. The number of aromatic nitrogens is 4. The number of amides is 4. The van der Waals surface area contributed by atoms with Crippen LogP contribution in [-0.4, -0.2) is 108 Å². The largest absolute Gasteiger partial charge is 0.503 e. The Hall–Kier alpha value is -8.08. The maximum Gasteiger partial charge on any atom is 0.490 e. The Balaban J connectivity index is 0.000000990. The molecule has 1 atom stereocenters. The number of aromatic hydroxyl groups is 1. The number of nitrogens with one attached hydrogen (secondary N) is 2. The number of benzene rings is 4. The summed E-state index contributed by atoms with van der Waals surface area (Å²) in [6, 6.07) is 20.2. The van der Waals surface area contributed by atoms with Gasteiger partial charge in [0.2, 0.25) is 17.6 Å². The Morgan fingerprint density at radius 2 is 1.53 bits per heavy atom. The number of alkyl halides is 3. The zero-order valence-corrected chi connectivity index (χ0v) is 41.9. The molecule has 0 spiro atoms. The van der Waals surface area contributed by atoms with E-state index < -0.39 is 58.8 Å². The van der Waals surface area contributed by atoms with E-state index >= 15 is 0 Å². The predicted molar refractivity (Wildman–Crippen MR) is 267 cm³/mol. The molecular weight excluding hydrogens is 1030 g/mol. The molecule has 4 aromatic carbocycles. The Morgan fingerprint density at radius 1 is 0.821 bits per heavy atom. The van der Waals surface area contributed by atoms with Gasteiger partial charge in [-0.3, -0.25) is 34.1 Å². The quantitative estimate of drug-likeness (QED) is 0.0432. The van der Waals surface area contributed by atoms with Crippen molar-refractivity contribution in [2.45, 2.75) is 95.7 Å². The van der Waals surface area contributed by atoms with Crippen molar-refractivity contribution in [2.75, 3.05) is 26.2 Å². The standard InChI is InChI=1S/C53H53F3N8O7.C2HF3O2/c54-42-23-40(47(55)48(56)49(42)66)50(67)57-24-32-8-12-38(13-9-32)64-28-36-11-10-35(22-43(36)61-64)37-25-58-53(59-26-37)70-21-18-31-16-19-62(20-17-31)27-33-4-6-34(7-5-33)30-71-45-3-1-2-39-41(45)29-63(52(39)69)44-14-15-46(65)60-51(44)68;3-2(4,5)1(6)7/h1-7,10-11,22-23,25-26,28,31-32,38,44,66H,8-9,12-21,24,27,29-30H2,(H,57,67)(H,60,65,68);(H,6,7)/t32?,38?,44-;/m1./s1. The number of piperidine rings is 2. The van der Waals surface area contributed by atoms with Gasteiger partial charge in [0, 0.05) is 60.2 Å². The number of aliphatic carboxylic acids is 1. The molecule has 23 heteroatoms. The minimum Gasteiger partial charge on any atom is -0.503 e. The van der Waals surface area contributed by atoms with E-state index in [1.54, 1.807) is 24.5 Å². The highest BCUT2D eigenvalue weighted by Crippen LogP contribution is 2.36. The number of hydrogen-bond acceptors (Lipinski definition) is 12. The maximum absolute atomic E-state index is 14.2. The van der Waals surface area contributed by atoms with Crippen LogP contribution in [0.25, 0.3) is 22.0 Å². The molecule has 3 aliphatic heterocycles. The lowest BCUT2D eigenvalue weighted by molar-refractivity contribution is -0.192. The summed E-state index contributed by atoms with van der Waals surface area (Å²) in [4.78, 5) is 71.7. The average molecular weight is 1090 g/mol. The van der Waals surface area contributed by atoms with Gasteiger partial charge in [-0.15, -0.1) is 0 Å². The van der Waals surface area contributed by atoms with E-state index in [4.69, 9.17) is 24.5 Å². The van der Waals surface area contributed by atoms with Crippen molar-refractivity contribution in [3.8, 4) is 28.6 Å². The molecule has 4 amide bonds. The van der Waals surface area contributed by atoms with E-state index in [-0.39, 0.29) is 43.3 Å². The molecule has 410 valence electrons. The Bertz CT molecular complexity index is 3200. The van der Waals surface area contributed by atoms with Crippen molar-refractivity contribution in [1.82, 2.24) is 40.2 Å². The van der Waals surface area contributed by atoms with Crippen molar-refractivity contribution in [2.24, 2.45) is 11.8 Å². The maximum atomic E-state index is 14.2. The van der Waals surface area contributed by atoms with Gasteiger partial charge in [0.1, 0.15) is 18.4 Å². The summed E-state index contributed by atoms with van der Waals surface area (Å²) in [6.07, 6.45) is 7.26. The summed E-state index contributed by atoms with van der Waals surface area (Å²) in [6.45, 7) is 4.24. The molecule has 2 aromatic heterocycles. The van der Waals surface area contributed by atoms with E-state index in [2.05, 4.69) is 49.8 Å². The number of carbonyl (C=O) groups excluding carboxylic acids is 4. The second-order valence-corrected chi connectivity index (χ2v) is 19.9. The monoisotopic (exact) mass is 1080 g/mol. The fourth-order valence-corrected chi connectivity index (χ4v) is 10.2. The second-order valence-electron chi connectivity index (χ2n) is 19.9. The second kappa shape index (κ2) is 23.7. The number of hydrogen-bond donors (Lipinski definition) is 4. The molecule has 0 radical (unpaired) electrons. The summed E-state index contributed by atoms with van der Waals surface area (Å²) >= 11 is 0. The van der Waals surface area contributed by atoms with Crippen LogP contribution >= 0.6 is 0 Å². The van der Waals surface area contributed by atoms with Gasteiger partial charge in [-0.25, -0.2) is 23.5 Å². The lowest BCUT2D eigenvalue weighted by atomic mass is 9.86. The van der Waals surface area contributed by atoms with E-state index in [0.717, 1.165) is 97.7 Å².